The average molecular weight is 326 g/mol. The number of rotatable bonds is 6. The molecule has 0 aliphatic carbocycles. The van der Waals surface area contributed by atoms with E-state index >= 15 is 0 Å². The van der Waals surface area contributed by atoms with E-state index in [2.05, 4.69) is 4.72 Å². The molecule has 0 saturated carbocycles. The zero-order chi connectivity index (χ0) is 15.3. The van der Waals surface area contributed by atoms with E-state index < -0.39 is 10.0 Å². The standard InChI is InChI=1S/C15H16ClNO3S/c1-12-5-4-6-13(11-12)21(18,19)17-9-10-20-15-8-3-2-7-14(15)16/h2-8,11,17H,9-10H2,1H3. The molecule has 0 amide bonds. The zero-order valence-corrected chi connectivity index (χ0v) is 13.1. The highest BCUT2D eigenvalue weighted by Gasteiger charge is 2.13. The van der Waals surface area contributed by atoms with E-state index in [9.17, 15) is 8.42 Å². The van der Waals surface area contributed by atoms with Crippen LogP contribution >= 0.6 is 11.6 Å². The van der Waals surface area contributed by atoms with Gasteiger partial charge in [-0.25, -0.2) is 13.1 Å². The zero-order valence-electron chi connectivity index (χ0n) is 11.5. The minimum absolute atomic E-state index is 0.168. The Morgan fingerprint density at radius 3 is 2.62 bits per heavy atom. The number of hydrogen-bond donors (Lipinski definition) is 1. The van der Waals surface area contributed by atoms with Crippen molar-refractivity contribution in [3.63, 3.8) is 0 Å². The Bertz CT molecular complexity index is 716. The van der Waals surface area contributed by atoms with Gasteiger partial charge in [0.2, 0.25) is 10.0 Å². The van der Waals surface area contributed by atoms with Crippen LogP contribution in [0.15, 0.2) is 53.4 Å². The molecule has 6 heteroatoms. The Kier molecular flexibility index (Phi) is 5.22. The maximum atomic E-state index is 12.1. The minimum Gasteiger partial charge on any atom is -0.491 e. The molecule has 2 aromatic rings. The summed E-state index contributed by atoms with van der Waals surface area (Å²) in [7, 11) is -3.51. The minimum atomic E-state index is -3.51. The van der Waals surface area contributed by atoms with Gasteiger partial charge in [0.25, 0.3) is 0 Å². The lowest BCUT2D eigenvalue weighted by Crippen LogP contribution is -2.28. The fourth-order valence-corrected chi connectivity index (χ4v) is 3.07. The first-order chi connectivity index (χ1) is 9.99. The monoisotopic (exact) mass is 325 g/mol. The van der Waals surface area contributed by atoms with Gasteiger partial charge in [-0.1, -0.05) is 35.9 Å². The Morgan fingerprint density at radius 1 is 1.14 bits per heavy atom. The van der Waals surface area contributed by atoms with Gasteiger partial charge in [0, 0.05) is 6.54 Å². The second-order valence-corrected chi connectivity index (χ2v) is 6.67. The van der Waals surface area contributed by atoms with Gasteiger partial charge in [-0.2, -0.15) is 0 Å². The van der Waals surface area contributed by atoms with Crippen LogP contribution in [0.3, 0.4) is 0 Å². The van der Waals surface area contributed by atoms with Crippen LogP contribution in [0.25, 0.3) is 0 Å². The average Bonchev–Trinajstić information content (AvgIpc) is 2.45. The van der Waals surface area contributed by atoms with Crippen molar-refractivity contribution in [2.45, 2.75) is 11.8 Å². The number of sulfonamides is 1. The van der Waals surface area contributed by atoms with E-state index in [1.165, 1.54) is 0 Å². The summed E-state index contributed by atoms with van der Waals surface area (Å²) >= 11 is 5.94. The van der Waals surface area contributed by atoms with Gasteiger partial charge in [0.1, 0.15) is 12.4 Å². The number of hydrogen-bond acceptors (Lipinski definition) is 3. The predicted molar refractivity (Wildman–Crippen MR) is 83.3 cm³/mol. The third-order valence-electron chi connectivity index (χ3n) is 2.79. The topological polar surface area (TPSA) is 55.4 Å². The fourth-order valence-electron chi connectivity index (χ4n) is 1.76. The molecular formula is C15H16ClNO3S. The highest BCUT2D eigenvalue weighted by molar-refractivity contribution is 7.89. The molecule has 2 aromatic carbocycles. The van der Waals surface area contributed by atoms with Gasteiger partial charge in [-0.3, -0.25) is 0 Å². The smallest absolute Gasteiger partial charge is 0.240 e. The Hall–Kier alpha value is -1.56. The molecule has 0 unspecified atom stereocenters. The third-order valence-corrected chi connectivity index (χ3v) is 4.56. The molecule has 0 saturated heterocycles. The first-order valence-corrected chi connectivity index (χ1v) is 8.29. The fraction of sp³-hybridized carbons (Fsp3) is 0.200. The molecule has 0 radical (unpaired) electrons. The molecule has 0 aromatic heterocycles. The highest BCUT2D eigenvalue weighted by atomic mass is 35.5. The maximum Gasteiger partial charge on any atom is 0.240 e. The van der Waals surface area contributed by atoms with Crippen LogP contribution in [0.1, 0.15) is 5.56 Å². The number of ether oxygens (including phenoxy) is 1. The van der Waals surface area contributed by atoms with Gasteiger partial charge in [0.15, 0.2) is 0 Å². The van der Waals surface area contributed by atoms with E-state index in [0.717, 1.165) is 5.56 Å². The van der Waals surface area contributed by atoms with Crippen LogP contribution in [0.2, 0.25) is 5.02 Å². The predicted octanol–water partition coefficient (Wildman–Crippen LogP) is 3.01. The Balaban J connectivity index is 1.90. The Morgan fingerprint density at radius 2 is 1.90 bits per heavy atom. The normalized spacial score (nSPS) is 11.3. The van der Waals surface area contributed by atoms with Gasteiger partial charge < -0.3 is 4.74 Å². The second-order valence-electron chi connectivity index (χ2n) is 4.49. The SMILES string of the molecule is Cc1cccc(S(=O)(=O)NCCOc2ccccc2Cl)c1. The largest absolute Gasteiger partial charge is 0.491 e. The summed E-state index contributed by atoms with van der Waals surface area (Å²) in [6.45, 7) is 2.22. The first-order valence-electron chi connectivity index (χ1n) is 6.43. The molecule has 0 aliphatic heterocycles. The molecule has 2 rings (SSSR count). The molecule has 4 nitrogen and oxygen atoms in total. The summed E-state index contributed by atoms with van der Waals surface area (Å²) in [5.74, 6) is 0.536. The van der Waals surface area contributed by atoms with Crippen molar-refractivity contribution in [3.05, 3.63) is 59.1 Å². The van der Waals surface area contributed by atoms with E-state index in [4.69, 9.17) is 16.3 Å². The molecule has 21 heavy (non-hydrogen) atoms. The van der Waals surface area contributed by atoms with Gasteiger partial charge in [0.05, 0.1) is 9.92 Å². The number of aryl methyl sites for hydroxylation is 1. The van der Waals surface area contributed by atoms with Gasteiger partial charge in [-0.05, 0) is 36.8 Å². The van der Waals surface area contributed by atoms with Crippen molar-refractivity contribution in [3.8, 4) is 5.75 Å². The van der Waals surface area contributed by atoms with Crippen molar-refractivity contribution in [1.82, 2.24) is 4.72 Å². The van der Waals surface area contributed by atoms with Crippen molar-refractivity contribution >= 4 is 21.6 Å². The van der Waals surface area contributed by atoms with Crippen molar-refractivity contribution in [2.75, 3.05) is 13.2 Å². The lowest BCUT2D eigenvalue weighted by molar-refractivity contribution is 0.323. The summed E-state index contributed by atoms with van der Waals surface area (Å²) in [5, 5.41) is 0.499. The van der Waals surface area contributed by atoms with Crippen LogP contribution in [-0.4, -0.2) is 21.6 Å². The van der Waals surface area contributed by atoms with Crippen molar-refractivity contribution < 1.29 is 13.2 Å². The number of halogens is 1. The molecule has 0 aliphatic rings. The quantitative estimate of drug-likeness (QED) is 0.831. The number of para-hydroxylation sites is 1. The number of nitrogens with one attached hydrogen (secondary N) is 1. The lowest BCUT2D eigenvalue weighted by atomic mass is 10.2. The highest BCUT2D eigenvalue weighted by Crippen LogP contribution is 2.22. The molecule has 0 bridgehead atoms. The first kappa shape index (κ1) is 15.8. The van der Waals surface area contributed by atoms with Crippen molar-refractivity contribution in [1.29, 1.82) is 0 Å². The Labute approximate surface area is 129 Å². The van der Waals surface area contributed by atoms with Crippen LogP contribution in [0.5, 0.6) is 5.75 Å². The van der Waals surface area contributed by atoms with E-state index in [1.54, 1.807) is 42.5 Å². The third kappa shape index (κ3) is 4.46. The lowest BCUT2D eigenvalue weighted by Gasteiger charge is -2.09. The van der Waals surface area contributed by atoms with Crippen LogP contribution in [-0.2, 0) is 10.0 Å². The molecule has 0 spiro atoms. The molecular weight excluding hydrogens is 310 g/mol. The summed E-state index contributed by atoms with van der Waals surface area (Å²) < 4.78 is 32.1. The van der Waals surface area contributed by atoms with E-state index in [0.29, 0.717) is 10.8 Å². The van der Waals surface area contributed by atoms with E-state index in [-0.39, 0.29) is 18.0 Å². The molecule has 0 fully saturated rings. The van der Waals surface area contributed by atoms with Crippen LogP contribution < -0.4 is 9.46 Å². The van der Waals surface area contributed by atoms with Crippen LogP contribution in [0.4, 0.5) is 0 Å². The number of benzene rings is 2. The molecule has 112 valence electrons. The van der Waals surface area contributed by atoms with Gasteiger partial charge >= 0.3 is 0 Å². The molecule has 0 heterocycles. The maximum absolute atomic E-state index is 12.1. The van der Waals surface area contributed by atoms with E-state index in [1.807, 2.05) is 13.0 Å². The molecule has 0 atom stereocenters. The summed E-state index contributed by atoms with van der Waals surface area (Å²) in [4.78, 5) is 0.250. The van der Waals surface area contributed by atoms with Crippen molar-refractivity contribution in [2.24, 2.45) is 0 Å². The molecule has 1 N–H and O–H groups in total. The van der Waals surface area contributed by atoms with Crippen LogP contribution in [0, 0.1) is 6.92 Å². The summed E-state index contributed by atoms with van der Waals surface area (Å²) in [6.07, 6.45) is 0. The van der Waals surface area contributed by atoms with Gasteiger partial charge in [-0.15, -0.1) is 0 Å². The summed E-state index contributed by atoms with van der Waals surface area (Å²) in [5.41, 5.74) is 0.894. The second kappa shape index (κ2) is 6.93. The summed E-state index contributed by atoms with van der Waals surface area (Å²) in [6, 6.07) is 13.8.